The molecule has 1 amide bonds. The second kappa shape index (κ2) is 9.43. The largest absolute Gasteiger partial charge is 0.497 e. The van der Waals surface area contributed by atoms with E-state index in [1.165, 1.54) is 23.1 Å². The fraction of sp³-hybridized carbons (Fsp3) is 0.0769. The molecule has 0 N–H and O–H groups in total. The molecule has 1 aliphatic rings. The molecule has 33 heavy (non-hydrogen) atoms. The standard InChI is InChI=1S/C26H19ClN2O2S2/c1-31-21-13-7-17(8-14-21)15-23-24(30)29(25(33-23)19-9-11-20(27)12-10-19)26-28-22(16-32-26)18-5-3-2-4-6-18/h2-16,25H,1H3. The fourth-order valence-electron chi connectivity index (χ4n) is 3.54. The summed E-state index contributed by atoms with van der Waals surface area (Å²) in [6, 6.07) is 25.3. The normalized spacial score (nSPS) is 17.0. The third-order valence-electron chi connectivity index (χ3n) is 5.24. The van der Waals surface area contributed by atoms with Crippen LogP contribution in [0.25, 0.3) is 17.3 Å². The molecule has 164 valence electrons. The van der Waals surface area contributed by atoms with E-state index >= 15 is 0 Å². The van der Waals surface area contributed by atoms with Gasteiger partial charge in [0.25, 0.3) is 5.91 Å². The second-order valence-electron chi connectivity index (χ2n) is 7.36. The molecule has 0 saturated carbocycles. The van der Waals surface area contributed by atoms with Gasteiger partial charge in [-0.15, -0.1) is 11.3 Å². The van der Waals surface area contributed by atoms with Crippen LogP contribution in [0, 0.1) is 0 Å². The van der Waals surface area contributed by atoms with Gasteiger partial charge in [-0.1, -0.05) is 78.0 Å². The van der Waals surface area contributed by atoms with Gasteiger partial charge in [0.15, 0.2) is 5.13 Å². The van der Waals surface area contributed by atoms with E-state index in [-0.39, 0.29) is 11.3 Å². The van der Waals surface area contributed by atoms with Crippen molar-refractivity contribution in [1.82, 2.24) is 4.98 Å². The second-order valence-corrected chi connectivity index (χ2v) is 9.76. The molecule has 0 spiro atoms. The van der Waals surface area contributed by atoms with Gasteiger partial charge in [-0.25, -0.2) is 4.98 Å². The van der Waals surface area contributed by atoms with E-state index in [2.05, 4.69) is 0 Å². The number of rotatable bonds is 5. The van der Waals surface area contributed by atoms with Crippen molar-refractivity contribution in [2.75, 3.05) is 12.0 Å². The van der Waals surface area contributed by atoms with Crippen LogP contribution in [0.1, 0.15) is 16.5 Å². The minimum absolute atomic E-state index is 0.0651. The van der Waals surface area contributed by atoms with E-state index in [4.69, 9.17) is 21.3 Å². The van der Waals surface area contributed by atoms with Crippen LogP contribution >= 0.6 is 34.7 Å². The zero-order valence-corrected chi connectivity index (χ0v) is 20.0. The lowest BCUT2D eigenvalue weighted by Gasteiger charge is -2.21. The SMILES string of the molecule is COc1ccc(C=C2SC(c3ccc(Cl)cc3)N(c3nc(-c4ccccc4)cs3)C2=O)cc1. The van der Waals surface area contributed by atoms with E-state index in [9.17, 15) is 4.79 Å². The molecule has 1 fully saturated rings. The number of hydrogen-bond donors (Lipinski definition) is 0. The van der Waals surface area contributed by atoms with Crippen molar-refractivity contribution in [3.05, 3.63) is 105 Å². The number of carbonyl (C=O) groups excluding carboxylic acids is 1. The average Bonchev–Trinajstić information content (AvgIpc) is 3.46. The van der Waals surface area contributed by atoms with Gasteiger partial charge in [0, 0.05) is 16.0 Å². The highest BCUT2D eigenvalue weighted by Crippen LogP contribution is 2.49. The predicted molar refractivity (Wildman–Crippen MR) is 138 cm³/mol. The Balaban J connectivity index is 1.53. The van der Waals surface area contributed by atoms with Crippen LogP contribution < -0.4 is 9.64 Å². The summed E-state index contributed by atoms with van der Waals surface area (Å²) >= 11 is 9.10. The highest BCUT2D eigenvalue weighted by atomic mass is 35.5. The lowest BCUT2D eigenvalue weighted by Crippen LogP contribution is -2.27. The molecule has 1 aliphatic heterocycles. The lowest BCUT2D eigenvalue weighted by molar-refractivity contribution is -0.114. The summed E-state index contributed by atoms with van der Waals surface area (Å²) in [7, 11) is 1.64. The van der Waals surface area contributed by atoms with E-state index in [1.54, 1.807) is 12.0 Å². The van der Waals surface area contributed by atoms with E-state index in [0.29, 0.717) is 15.1 Å². The quantitative estimate of drug-likeness (QED) is 0.275. The van der Waals surface area contributed by atoms with Crippen LogP contribution in [0.15, 0.2) is 89.1 Å². The Hall–Kier alpha value is -3.06. The Morgan fingerprint density at radius 3 is 2.42 bits per heavy atom. The van der Waals surface area contributed by atoms with Crippen LogP contribution in [-0.4, -0.2) is 18.0 Å². The summed E-state index contributed by atoms with van der Waals surface area (Å²) < 4.78 is 5.24. The van der Waals surface area contributed by atoms with Gasteiger partial charge in [0.1, 0.15) is 11.1 Å². The molecule has 1 aromatic heterocycles. The smallest absolute Gasteiger partial charge is 0.267 e. The first-order valence-electron chi connectivity index (χ1n) is 10.2. The molecule has 1 unspecified atom stereocenters. The van der Waals surface area contributed by atoms with Crippen molar-refractivity contribution in [2.45, 2.75) is 5.37 Å². The number of aromatic nitrogens is 1. The summed E-state index contributed by atoms with van der Waals surface area (Å²) in [5, 5.41) is 3.10. The minimum Gasteiger partial charge on any atom is -0.497 e. The van der Waals surface area contributed by atoms with Crippen molar-refractivity contribution < 1.29 is 9.53 Å². The van der Waals surface area contributed by atoms with Crippen LogP contribution in [0.2, 0.25) is 5.02 Å². The van der Waals surface area contributed by atoms with E-state index in [0.717, 1.165) is 28.1 Å². The van der Waals surface area contributed by atoms with Gasteiger partial charge in [0.05, 0.1) is 17.7 Å². The Morgan fingerprint density at radius 2 is 1.73 bits per heavy atom. The van der Waals surface area contributed by atoms with Crippen molar-refractivity contribution >= 4 is 51.8 Å². The van der Waals surface area contributed by atoms with Crippen molar-refractivity contribution in [1.29, 1.82) is 0 Å². The van der Waals surface area contributed by atoms with Gasteiger partial charge in [-0.3, -0.25) is 9.69 Å². The molecule has 2 heterocycles. The molecule has 7 heteroatoms. The molecule has 5 rings (SSSR count). The molecule has 4 nitrogen and oxygen atoms in total. The summed E-state index contributed by atoms with van der Waals surface area (Å²) in [4.78, 5) is 20.8. The lowest BCUT2D eigenvalue weighted by atomic mass is 10.2. The van der Waals surface area contributed by atoms with Crippen molar-refractivity contribution in [3.8, 4) is 17.0 Å². The molecule has 3 aromatic carbocycles. The predicted octanol–water partition coefficient (Wildman–Crippen LogP) is 7.29. The molecule has 1 saturated heterocycles. The number of methoxy groups -OCH3 is 1. The van der Waals surface area contributed by atoms with Gasteiger partial charge >= 0.3 is 0 Å². The summed E-state index contributed by atoms with van der Waals surface area (Å²) in [6.07, 6.45) is 1.92. The number of amides is 1. The van der Waals surface area contributed by atoms with E-state index < -0.39 is 0 Å². The van der Waals surface area contributed by atoms with Gasteiger partial charge in [-0.05, 0) is 41.5 Å². The van der Waals surface area contributed by atoms with E-state index in [1.807, 2.05) is 90.3 Å². The number of nitrogens with zero attached hydrogens (tertiary/aromatic N) is 2. The topological polar surface area (TPSA) is 42.4 Å². The Bertz CT molecular complexity index is 1300. The van der Waals surface area contributed by atoms with Crippen LogP contribution in [0.5, 0.6) is 5.75 Å². The van der Waals surface area contributed by atoms with Crippen LogP contribution in [0.3, 0.4) is 0 Å². The molecule has 1 atom stereocenters. The van der Waals surface area contributed by atoms with Gasteiger partial charge in [0.2, 0.25) is 0 Å². The van der Waals surface area contributed by atoms with Gasteiger partial charge in [-0.2, -0.15) is 0 Å². The number of halogens is 1. The number of ether oxygens (including phenoxy) is 1. The number of thioether (sulfide) groups is 1. The molecular weight excluding hydrogens is 472 g/mol. The number of thiazole rings is 1. The maximum absolute atomic E-state index is 13.6. The zero-order chi connectivity index (χ0) is 22.8. The third-order valence-corrected chi connectivity index (χ3v) is 7.58. The number of hydrogen-bond acceptors (Lipinski definition) is 5. The van der Waals surface area contributed by atoms with Crippen LogP contribution in [0.4, 0.5) is 5.13 Å². The van der Waals surface area contributed by atoms with Crippen LogP contribution in [-0.2, 0) is 4.79 Å². The Morgan fingerprint density at radius 1 is 1.00 bits per heavy atom. The molecule has 0 radical (unpaired) electrons. The summed E-state index contributed by atoms with van der Waals surface area (Å²) in [5.74, 6) is 0.712. The highest BCUT2D eigenvalue weighted by molar-refractivity contribution is 8.05. The minimum atomic E-state index is -0.228. The highest BCUT2D eigenvalue weighted by Gasteiger charge is 2.39. The van der Waals surface area contributed by atoms with Crippen molar-refractivity contribution in [3.63, 3.8) is 0 Å². The summed E-state index contributed by atoms with van der Waals surface area (Å²) in [5.41, 5.74) is 3.81. The zero-order valence-electron chi connectivity index (χ0n) is 17.6. The molecule has 0 bridgehead atoms. The Labute approximate surface area is 205 Å². The maximum atomic E-state index is 13.6. The van der Waals surface area contributed by atoms with Gasteiger partial charge < -0.3 is 4.74 Å². The third kappa shape index (κ3) is 4.55. The Kier molecular flexibility index (Phi) is 6.22. The monoisotopic (exact) mass is 490 g/mol. The molecule has 0 aliphatic carbocycles. The summed E-state index contributed by atoms with van der Waals surface area (Å²) in [6.45, 7) is 0. The number of anilines is 1. The first-order valence-corrected chi connectivity index (χ1v) is 12.4. The number of benzene rings is 3. The molecular formula is C26H19ClN2O2S2. The first kappa shape index (κ1) is 21.8. The number of carbonyl (C=O) groups is 1. The van der Waals surface area contributed by atoms with Crippen molar-refractivity contribution in [2.24, 2.45) is 0 Å². The first-order chi connectivity index (χ1) is 16.1. The molecule has 4 aromatic rings. The maximum Gasteiger partial charge on any atom is 0.267 e. The fourth-order valence-corrected chi connectivity index (χ4v) is 5.83. The average molecular weight is 491 g/mol.